The van der Waals surface area contributed by atoms with Gasteiger partial charge in [0.15, 0.2) is 5.84 Å². The molecule has 0 spiro atoms. The summed E-state index contributed by atoms with van der Waals surface area (Å²) in [5.74, 6) is 0.780. The predicted molar refractivity (Wildman–Crippen MR) is 80.5 cm³/mol. The van der Waals surface area contributed by atoms with E-state index >= 15 is 0 Å². The number of halogens is 3. The van der Waals surface area contributed by atoms with Gasteiger partial charge in [-0.1, -0.05) is 46.0 Å². The summed E-state index contributed by atoms with van der Waals surface area (Å²) in [5, 5.41) is 12.5. The molecule has 0 radical (unpaired) electrons. The summed E-state index contributed by atoms with van der Waals surface area (Å²) in [4.78, 5) is 0. The van der Waals surface area contributed by atoms with Gasteiger partial charge in [-0.05, 0) is 24.3 Å². The van der Waals surface area contributed by atoms with E-state index in [4.69, 9.17) is 50.5 Å². The summed E-state index contributed by atoms with van der Waals surface area (Å²) < 4.78 is 5.60. The molecule has 104 valence electrons. The maximum Gasteiger partial charge on any atom is 0.171 e. The molecule has 2 rings (SSSR count). The Balaban J connectivity index is 2.31. The summed E-state index contributed by atoms with van der Waals surface area (Å²) in [7, 11) is 0. The van der Waals surface area contributed by atoms with Crippen LogP contribution in [0.5, 0.6) is 11.5 Å². The summed E-state index contributed by atoms with van der Waals surface area (Å²) >= 11 is 18.0. The highest BCUT2D eigenvalue weighted by atomic mass is 35.5. The topological polar surface area (TPSA) is 67.8 Å². The standard InChI is InChI=1S/C13H9Cl3N2O2/c14-9-2-1-3-11(12(9)16)20-7-4-5-8(10(15)6-7)13(17)18-19/h1-6,19H,(H2,17,18). The minimum atomic E-state index is -0.0812. The molecule has 0 aliphatic carbocycles. The zero-order valence-electron chi connectivity index (χ0n) is 9.98. The van der Waals surface area contributed by atoms with Crippen molar-refractivity contribution in [2.24, 2.45) is 10.9 Å². The maximum absolute atomic E-state index is 8.63. The first-order valence-corrected chi connectivity index (χ1v) is 6.55. The fourth-order valence-electron chi connectivity index (χ4n) is 1.51. The lowest BCUT2D eigenvalue weighted by Crippen LogP contribution is -2.13. The molecule has 7 heteroatoms. The van der Waals surface area contributed by atoms with Crippen LogP contribution in [0.15, 0.2) is 41.6 Å². The monoisotopic (exact) mass is 330 g/mol. The lowest BCUT2D eigenvalue weighted by atomic mass is 10.2. The highest BCUT2D eigenvalue weighted by Gasteiger charge is 2.10. The third-order valence-corrected chi connectivity index (χ3v) is 3.58. The molecule has 0 aliphatic rings. The molecule has 0 unspecified atom stereocenters. The third kappa shape index (κ3) is 3.10. The van der Waals surface area contributed by atoms with Crippen LogP contribution in [-0.4, -0.2) is 11.0 Å². The van der Waals surface area contributed by atoms with Crippen molar-refractivity contribution in [3.63, 3.8) is 0 Å². The average Bonchev–Trinajstić information content (AvgIpc) is 2.43. The van der Waals surface area contributed by atoms with Gasteiger partial charge in [0.05, 0.1) is 10.0 Å². The van der Waals surface area contributed by atoms with Gasteiger partial charge in [-0.15, -0.1) is 0 Å². The van der Waals surface area contributed by atoms with Gasteiger partial charge >= 0.3 is 0 Å². The molecule has 0 bridgehead atoms. The highest BCUT2D eigenvalue weighted by molar-refractivity contribution is 6.42. The Bertz CT molecular complexity index is 675. The van der Waals surface area contributed by atoms with E-state index in [1.807, 2.05) is 0 Å². The number of ether oxygens (including phenoxy) is 1. The molecule has 0 amide bonds. The number of oxime groups is 1. The summed E-state index contributed by atoms with van der Waals surface area (Å²) in [6, 6.07) is 9.79. The van der Waals surface area contributed by atoms with Gasteiger partial charge in [-0.25, -0.2) is 0 Å². The Hall–Kier alpha value is -1.62. The molecule has 2 aromatic rings. The number of rotatable bonds is 3. The Labute approximate surface area is 130 Å². The fraction of sp³-hybridized carbons (Fsp3) is 0. The van der Waals surface area contributed by atoms with Crippen LogP contribution < -0.4 is 10.5 Å². The van der Waals surface area contributed by atoms with Crippen LogP contribution in [0.4, 0.5) is 0 Å². The molecule has 3 N–H and O–H groups in total. The minimum absolute atomic E-state index is 0.0812. The zero-order chi connectivity index (χ0) is 14.7. The second-order valence-electron chi connectivity index (χ2n) is 3.78. The molecular formula is C13H9Cl3N2O2. The lowest BCUT2D eigenvalue weighted by molar-refractivity contribution is 0.318. The Morgan fingerprint density at radius 2 is 1.85 bits per heavy atom. The smallest absolute Gasteiger partial charge is 0.171 e. The molecule has 4 nitrogen and oxygen atoms in total. The van der Waals surface area contributed by atoms with Crippen LogP contribution in [0.25, 0.3) is 0 Å². The van der Waals surface area contributed by atoms with Gasteiger partial charge < -0.3 is 15.7 Å². The van der Waals surface area contributed by atoms with Crippen LogP contribution in [0, 0.1) is 0 Å². The molecular weight excluding hydrogens is 323 g/mol. The number of nitrogens with zero attached hydrogens (tertiary/aromatic N) is 1. The van der Waals surface area contributed by atoms with E-state index in [-0.39, 0.29) is 10.9 Å². The van der Waals surface area contributed by atoms with Gasteiger partial charge in [-0.3, -0.25) is 0 Å². The third-order valence-electron chi connectivity index (χ3n) is 2.47. The quantitative estimate of drug-likeness (QED) is 0.376. The van der Waals surface area contributed by atoms with E-state index in [1.165, 1.54) is 6.07 Å². The molecule has 0 aliphatic heterocycles. The van der Waals surface area contributed by atoms with E-state index < -0.39 is 0 Å². The van der Waals surface area contributed by atoms with Crippen molar-refractivity contribution in [3.8, 4) is 11.5 Å². The predicted octanol–water partition coefficient (Wildman–Crippen LogP) is 4.53. The first kappa shape index (κ1) is 14.8. The second kappa shape index (κ2) is 6.22. The number of nitrogens with two attached hydrogens (primary N) is 1. The van der Waals surface area contributed by atoms with Crippen molar-refractivity contribution in [1.82, 2.24) is 0 Å². The van der Waals surface area contributed by atoms with Crippen LogP contribution in [0.3, 0.4) is 0 Å². The van der Waals surface area contributed by atoms with Crippen molar-refractivity contribution in [2.75, 3.05) is 0 Å². The first-order valence-electron chi connectivity index (χ1n) is 5.42. The molecule has 0 atom stereocenters. The van der Waals surface area contributed by atoms with Gasteiger partial charge in [0, 0.05) is 11.6 Å². The van der Waals surface area contributed by atoms with E-state index in [1.54, 1.807) is 30.3 Å². The first-order chi connectivity index (χ1) is 9.52. The van der Waals surface area contributed by atoms with Gasteiger partial charge in [0.2, 0.25) is 0 Å². The number of hydrogen-bond acceptors (Lipinski definition) is 3. The van der Waals surface area contributed by atoms with Crippen LogP contribution in [-0.2, 0) is 0 Å². The summed E-state index contributed by atoms with van der Waals surface area (Å²) in [6.45, 7) is 0. The van der Waals surface area contributed by atoms with Crippen LogP contribution in [0.1, 0.15) is 5.56 Å². The van der Waals surface area contributed by atoms with Gasteiger partial charge in [-0.2, -0.15) is 0 Å². The summed E-state index contributed by atoms with van der Waals surface area (Å²) in [5.41, 5.74) is 5.88. The Morgan fingerprint density at radius 3 is 2.50 bits per heavy atom. The van der Waals surface area contributed by atoms with Crippen LogP contribution >= 0.6 is 34.8 Å². The molecule has 0 aromatic heterocycles. The number of hydrogen-bond donors (Lipinski definition) is 2. The molecule has 0 saturated carbocycles. The van der Waals surface area contributed by atoms with Crippen molar-refractivity contribution < 1.29 is 9.94 Å². The molecule has 2 aromatic carbocycles. The SMILES string of the molecule is NC(=NO)c1ccc(Oc2cccc(Cl)c2Cl)cc1Cl. The minimum Gasteiger partial charge on any atom is -0.456 e. The lowest BCUT2D eigenvalue weighted by Gasteiger charge is -2.10. The van der Waals surface area contributed by atoms with Crippen LogP contribution in [0.2, 0.25) is 15.1 Å². The Kier molecular flexibility index (Phi) is 4.60. The van der Waals surface area contributed by atoms with Gasteiger partial charge in [0.25, 0.3) is 0 Å². The Morgan fingerprint density at radius 1 is 1.10 bits per heavy atom. The van der Waals surface area contributed by atoms with E-state index in [0.717, 1.165) is 0 Å². The number of amidine groups is 1. The van der Waals surface area contributed by atoms with E-state index in [2.05, 4.69) is 5.16 Å². The van der Waals surface area contributed by atoms with E-state index in [9.17, 15) is 0 Å². The normalized spacial score (nSPS) is 11.4. The van der Waals surface area contributed by atoms with Crippen molar-refractivity contribution in [1.29, 1.82) is 0 Å². The maximum atomic E-state index is 8.63. The molecule has 0 heterocycles. The molecule has 20 heavy (non-hydrogen) atoms. The van der Waals surface area contributed by atoms with Crippen molar-refractivity contribution in [3.05, 3.63) is 57.0 Å². The molecule has 0 fully saturated rings. The largest absolute Gasteiger partial charge is 0.456 e. The second-order valence-corrected chi connectivity index (χ2v) is 4.97. The highest BCUT2D eigenvalue weighted by Crippen LogP contribution is 2.35. The zero-order valence-corrected chi connectivity index (χ0v) is 12.2. The molecule has 0 saturated heterocycles. The van der Waals surface area contributed by atoms with Gasteiger partial charge in [0.1, 0.15) is 16.5 Å². The van der Waals surface area contributed by atoms with Crippen molar-refractivity contribution >= 4 is 40.6 Å². The van der Waals surface area contributed by atoms with Crippen molar-refractivity contribution in [2.45, 2.75) is 0 Å². The summed E-state index contributed by atoms with van der Waals surface area (Å²) in [6.07, 6.45) is 0. The number of benzene rings is 2. The fourth-order valence-corrected chi connectivity index (χ4v) is 2.11. The average molecular weight is 332 g/mol. The van der Waals surface area contributed by atoms with E-state index in [0.29, 0.717) is 27.1 Å².